The van der Waals surface area contributed by atoms with Crippen molar-refractivity contribution in [3.05, 3.63) is 64.1 Å². The van der Waals surface area contributed by atoms with Crippen molar-refractivity contribution in [2.24, 2.45) is 10.2 Å². The van der Waals surface area contributed by atoms with Gasteiger partial charge in [0.15, 0.2) is 0 Å². The van der Waals surface area contributed by atoms with Crippen LogP contribution in [0.3, 0.4) is 0 Å². The molecule has 1 aliphatic heterocycles. The molecule has 4 rings (SSSR count). The number of aryl methyl sites for hydroxylation is 1. The number of nitrogens with zero attached hydrogens (tertiary/aromatic N) is 3. The fraction of sp³-hybridized carbons (Fsp3) is 0.407. The molecular formula is C27H31F4N5O. The summed E-state index contributed by atoms with van der Waals surface area (Å²) >= 11 is 0. The van der Waals surface area contributed by atoms with Crippen LogP contribution in [0.25, 0.3) is 16.5 Å². The molecule has 0 radical (unpaired) electrons. The van der Waals surface area contributed by atoms with E-state index in [1.54, 1.807) is 44.3 Å². The van der Waals surface area contributed by atoms with Crippen LogP contribution in [-0.4, -0.2) is 54.2 Å². The van der Waals surface area contributed by atoms with Crippen LogP contribution in [-0.2, 0) is 4.74 Å². The third kappa shape index (κ3) is 5.01. The molecule has 1 aliphatic carbocycles. The SMILES string of the molecule is COC1=CC2=C(CC(C(F)(F)CCF)=C1c1cc(F)cc3c(C)c[nH]c13)N(C)/C(C)=N\N=C\C(C)(C)N2. The number of hydrogen-bond acceptors (Lipinski definition) is 5. The average Bonchev–Trinajstić information content (AvgIpc) is 3.11. The van der Waals surface area contributed by atoms with Crippen molar-refractivity contribution in [3.63, 3.8) is 0 Å². The number of H-pyrrole nitrogens is 1. The third-order valence-corrected chi connectivity index (χ3v) is 6.71. The normalized spacial score (nSPS) is 20.8. The maximum atomic E-state index is 15.8. The Kier molecular flexibility index (Phi) is 6.96. The van der Waals surface area contributed by atoms with E-state index in [9.17, 15) is 8.78 Å². The molecule has 0 saturated carbocycles. The molecule has 6 nitrogen and oxygen atoms in total. The van der Waals surface area contributed by atoms with Crippen LogP contribution >= 0.6 is 0 Å². The van der Waals surface area contributed by atoms with E-state index in [1.165, 1.54) is 19.2 Å². The molecule has 1 aromatic heterocycles. The molecule has 10 heteroatoms. The Morgan fingerprint density at radius 3 is 2.62 bits per heavy atom. The van der Waals surface area contributed by atoms with E-state index in [-0.39, 0.29) is 28.9 Å². The summed E-state index contributed by atoms with van der Waals surface area (Å²) in [5.74, 6) is -3.56. The Labute approximate surface area is 213 Å². The molecule has 2 N–H and O–H groups in total. The van der Waals surface area contributed by atoms with Gasteiger partial charge in [0.05, 0.1) is 36.8 Å². The van der Waals surface area contributed by atoms with Crippen LogP contribution in [0.2, 0.25) is 0 Å². The summed E-state index contributed by atoms with van der Waals surface area (Å²) < 4.78 is 65.7. The predicted octanol–water partition coefficient (Wildman–Crippen LogP) is 6.23. The fourth-order valence-electron chi connectivity index (χ4n) is 4.66. The van der Waals surface area contributed by atoms with Crippen LogP contribution in [0, 0.1) is 12.7 Å². The quantitative estimate of drug-likeness (QED) is 0.463. The van der Waals surface area contributed by atoms with E-state index < -0.39 is 30.4 Å². The first kappa shape index (κ1) is 26.5. The molecule has 0 saturated heterocycles. The second-order valence-electron chi connectivity index (χ2n) is 9.89. The van der Waals surface area contributed by atoms with E-state index >= 15 is 8.78 Å². The monoisotopic (exact) mass is 517 g/mol. The molecule has 2 aromatic rings. The lowest BCUT2D eigenvalue weighted by Gasteiger charge is -2.29. The van der Waals surface area contributed by atoms with Gasteiger partial charge in [-0.3, -0.25) is 4.39 Å². The summed E-state index contributed by atoms with van der Waals surface area (Å²) in [6.07, 6.45) is 3.65. The number of ether oxygens (including phenoxy) is 1. The molecule has 0 amide bonds. The van der Waals surface area contributed by atoms with E-state index in [4.69, 9.17) is 4.74 Å². The van der Waals surface area contributed by atoms with Crippen molar-refractivity contribution in [1.29, 1.82) is 0 Å². The standard InChI is InChI=1S/C27H31F4N5O/c1-15-13-32-25-18(15)9-17(29)10-19(25)24-20(27(30,31)7-8-28)11-22-21(12-23(24)37-6)34-26(3,4)14-33-35-16(2)36(22)5/h9-10,12-14,32,34H,7-8,11H2,1-6H3/b33-14+,35-16-. The number of hydrogen-bond donors (Lipinski definition) is 2. The van der Waals surface area contributed by atoms with Crippen molar-refractivity contribution >= 4 is 28.5 Å². The number of allylic oxidation sites excluding steroid dienone is 3. The minimum Gasteiger partial charge on any atom is -0.496 e. The number of methoxy groups -OCH3 is 1. The molecule has 0 bridgehead atoms. The number of benzene rings is 1. The lowest BCUT2D eigenvalue weighted by atomic mass is 9.89. The molecule has 2 aliphatic rings. The lowest BCUT2D eigenvalue weighted by Crippen LogP contribution is -2.41. The van der Waals surface area contributed by atoms with Crippen LogP contribution < -0.4 is 5.32 Å². The van der Waals surface area contributed by atoms with Gasteiger partial charge in [0.2, 0.25) is 0 Å². The van der Waals surface area contributed by atoms with Gasteiger partial charge in [-0.05, 0) is 45.4 Å². The summed E-state index contributed by atoms with van der Waals surface area (Å²) in [4.78, 5) is 4.76. The summed E-state index contributed by atoms with van der Waals surface area (Å²) in [6.45, 7) is 6.03. The van der Waals surface area contributed by atoms with Crippen molar-refractivity contribution in [3.8, 4) is 0 Å². The Morgan fingerprint density at radius 2 is 1.95 bits per heavy atom. The van der Waals surface area contributed by atoms with Gasteiger partial charge in [0.25, 0.3) is 5.92 Å². The number of aromatic nitrogens is 1. The van der Waals surface area contributed by atoms with Gasteiger partial charge in [0.1, 0.15) is 17.4 Å². The first-order chi connectivity index (χ1) is 17.4. The molecule has 2 heterocycles. The Morgan fingerprint density at radius 1 is 1.22 bits per heavy atom. The predicted molar refractivity (Wildman–Crippen MR) is 139 cm³/mol. The minimum atomic E-state index is -3.55. The molecular weight excluding hydrogens is 486 g/mol. The second kappa shape index (κ2) is 9.72. The smallest absolute Gasteiger partial charge is 0.273 e. The van der Waals surface area contributed by atoms with Gasteiger partial charge in [-0.15, -0.1) is 5.10 Å². The van der Waals surface area contributed by atoms with Gasteiger partial charge in [0, 0.05) is 60.0 Å². The number of amidine groups is 1. The lowest BCUT2D eigenvalue weighted by molar-refractivity contribution is 0.0235. The highest BCUT2D eigenvalue weighted by molar-refractivity contribution is 5.98. The number of nitrogens with one attached hydrogen (secondary N) is 2. The average molecular weight is 518 g/mol. The highest BCUT2D eigenvalue weighted by atomic mass is 19.3. The zero-order valence-electron chi connectivity index (χ0n) is 21.8. The van der Waals surface area contributed by atoms with Crippen molar-refractivity contribution in [2.45, 2.75) is 52.0 Å². The molecule has 37 heavy (non-hydrogen) atoms. The minimum absolute atomic E-state index is 0.0214. The highest BCUT2D eigenvalue weighted by Gasteiger charge is 2.41. The van der Waals surface area contributed by atoms with Gasteiger partial charge in [-0.1, -0.05) is 0 Å². The van der Waals surface area contributed by atoms with Gasteiger partial charge >= 0.3 is 0 Å². The molecule has 0 atom stereocenters. The Hall–Kier alpha value is -3.56. The van der Waals surface area contributed by atoms with Crippen LogP contribution in [0.1, 0.15) is 44.7 Å². The van der Waals surface area contributed by atoms with E-state index in [1.807, 2.05) is 13.8 Å². The van der Waals surface area contributed by atoms with E-state index in [0.717, 1.165) is 5.56 Å². The van der Waals surface area contributed by atoms with E-state index in [2.05, 4.69) is 20.5 Å². The van der Waals surface area contributed by atoms with Gasteiger partial charge in [-0.25, -0.2) is 13.2 Å². The third-order valence-electron chi connectivity index (χ3n) is 6.71. The molecule has 0 fully saturated rings. The number of aromatic amines is 1. The number of rotatable bonds is 5. The Bertz CT molecular complexity index is 1380. The van der Waals surface area contributed by atoms with Crippen LogP contribution in [0.4, 0.5) is 17.6 Å². The number of fused-ring (bicyclic) bond motifs is 1. The molecule has 1 aromatic carbocycles. The zero-order chi connectivity index (χ0) is 27.1. The Balaban J connectivity index is 2.09. The van der Waals surface area contributed by atoms with Crippen molar-refractivity contribution in [2.75, 3.05) is 20.8 Å². The summed E-state index contributed by atoms with van der Waals surface area (Å²) in [7, 11) is 3.07. The topological polar surface area (TPSA) is 65.0 Å². The summed E-state index contributed by atoms with van der Waals surface area (Å²) in [5, 5.41) is 12.2. The largest absolute Gasteiger partial charge is 0.496 e. The maximum Gasteiger partial charge on any atom is 0.273 e. The zero-order valence-corrected chi connectivity index (χ0v) is 21.8. The fourth-order valence-corrected chi connectivity index (χ4v) is 4.66. The van der Waals surface area contributed by atoms with Gasteiger partial charge < -0.3 is 19.9 Å². The van der Waals surface area contributed by atoms with Crippen molar-refractivity contribution < 1.29 is 22.3 Å². The van der Waals surface area contributed by atoms with E-state index in [0.29, 0.717) is 28.1 Å². The first-order valence-electron chi connectivity index (χ1n) is 11.9. The van der Waals surface area contributed by atoms with Crippen LogP contribution in [0.5, 0.6) is 0 Å². The highest BCUT2D eigenvalue weighted by Crippen LogP contribution is 2.45. The first-order valence-corrected chi connectivity index (χ1v) is 11.9. The molecule has 0 unspecified atom stereocenters. The molecule has 0 spiro atoms. The second-order valence-corrected chi connectivity index (χ2v) is 9.89. The van der Waals surface area contributed by atoms with Crippen LogP contribution in [0.15, 0.2) is 57.3 Å². The summed E-state index contributed by atoms with van der Waals surface area (Å²) in [6, 6.07) is 2.57. The summed E-state index contributed by atoms with van der Waals surface area (Å²) in [5.41, 5.74) is 1.39. The van der Waals surface area contributed by atoms with Crippen molar-refractivity contribution in [1.82, 2.24) is 15.2 Å². The number of halogens is 4. The van der Waals surface area contributed by atoms with Gasteiger partial charge in [-0.2, -0.15) is 5.10 Å². The maximum absolute atomic E-state index is 15.8. The molecule has 198 valence electrons. The number of alkyl halides is 3.